The van der Waals surface area contributed by atoms with Crippen molar-refractivity contribution in [3.05, 3.63) is 40.4 Å². The quantitative estimate of drug-likeness (QED) is 0.799. The number of rotatable bonds is 1. The number of aromatic nitrogens is 2. The molecule has 0 bridgehead atoms. The zero-order chi connectivity index (χ0) is 11.7. The van der Waals surface area contributed by atoms with Crippen molar-refractivity contribution in [1.29, 1.82) is 0 Å². The van der Waals surface area contributed by atoms with E-state index >= 15 is 0 Å². The molecule has 0 aliphatic rings. The molecule has 0 spiro atoms. The lowest BCUT2D eigenvalue weighted by Crippen LogP contribution is -2.01. The number of anilines is 1. The Morgan fingerprint density at radius 2 is 1.81 bits per heavy atom. The van der Waals surface area contributed by atoms with Gasteiger partial charge in [0, 0.05) is 5.56 Å². The zero-order valence-corrected chi connectivity index (χ0v) is 9.43. The Morgan fingerprint density at radius 1 is 1.12 bits per heavy atom. The van der Waals surface area contributed by atoms with E-state index in [2.05, 4.69) is 9.97 Å². The van der Waals surface area contributed by atoms with Gasteiger partial charge in [0.2, 0.25) is 5.28 Å². The first-order chi connectivity index (χ1) is 7.59. The standard InChI is InChI=1S/C10H6Cl2FN3/c11-6-4-2-1-3-5(6)8-7(13)9(14)16-10(12)15-8/h1-4H,(H2,14,15,16). The molecule has 0 unspecified atom stereocenters. The lowest BCUT2D eigenvalue weighted by atomic mass is 10.1. The van der Waals surface area contributed by atoms with Crippen molar-refractivity contribution in [3.63, 3.8) is 0 Å². The SMILES string of the molecule is Nc1nc(Cl)nc(-c2ccccc2Cl)c1F. The minimum Gasteiger partial charge on any atom is -0.381 e. The number of hydrogen-bond donors (Lipinski definition) is 1. The maximum atomic E-state index is 13.7. The van der Waals surface area contributed by atoms with Gasteiger partial charge in [0.1, 0.15) is 5.69 Å². The van der Waals surface area contributed by atoms with E-state index in [9.17, 15) is 4.39 Å². The van der Waals surface area contributed by atoms with Crippen LogP contribution in [0, 0.1) is 5.82 Å². The summed E-state index contributed by atoms with van der Waals surface area (Å²) in [6, 6.07) is 6.70. The van der Waals surface area contributed by atoms with Gasteiger partial charge in [-0.05, 0) is 17.7 Å². The predicted molar refractivity (Wildman–Crippen MR) is 61.9 cm³/mol. The molecule has 0 saturated carbocycles. The second kappa shape index (κ2) is 4.23. The maximum Gasteiger partial charge on any atom is 0.225 e. The zero-order valence-electron chi connectivity index (χ0n) is 7.92. The molecule has 1 heterocycles. The van der Waals surface area contributed by atoms with E-state index in [0.717, 1.165) is 0 Å². The van der Waals surface area contributed by atoms with Crippen LogP contribution >= 0.6 is 23.2 Å². The monoisotopic (exact) mass is 257 g/mol. The first-order valence-electron chi connectivity index (χ1n) is 4.33. The highest BCUT2D eigenvalue weighted by Crippen LogP contribution is 2.30. The smallest absolute Gasteiger partial charge is 0.225 e. The number of nitrogens with two attached hydrogens (primary N) is 1. The van der Waals surface area contributed by atoms with Crippen LogP contribution in [0.1, 0.15) is 0 Å². The number of halogens is 3. The number of hydrogen-bond acceptors (Lipinski definition) is 3. The summed E-state index contributed by atoms with van der Waals surface area (Å²) in [7, 11) is 0. The fourth-order valence-electron chi connectivity index (χ4n) is 1.27. The molecular weight excluding hydrogens is 252 g/mol. The molecule has 1 aromatic carbocycles. The van der Waals surface area contributed by atoms with Crippen molar-refractivity contribution in [2.75, 3.05) is 5.73 Å². The average molecular weight is 258 g/mol. The van der Waals surface area contributed by atoms with E-state index < -0.39 is 5.82 Å². The summed E-state index contributed by atoms with van der Waals surface area (Å²) < 4.78 is 13.7. The lowest BCUT2D eigenvalue weighted by molar-refractivity contribution is 0.624. The van der Waals surface area contributed by atoms with Gasteiger partial charge < -0.3 is 5.73 Å². The van der Waals surface area contributed by atoms with Gasteiger partial charge in [0.25, 0.3) is 0 Å². The molecule has 16 heavy (non-hydrogen) atoms. The van der Waals surface area contributed by atoms with Crippen LogP contribution in [0.15, 0.2) is 24.3 Å². The van der Waals surface area contributed by atoms with Gasteiger partial charge in [-0.2, -0.15) is 4.98 Å². The molecule has 2 rings (SSSR count). The van der Waals surface area contributed by atoms with E-state index in [1.807, 2.05) is 0 Å². The van der Waals surface area contributed by atoms with Crippen LogP contribution in [0.3, 0.4) is 0 Å². The Bertz CT molecular complexity index is 546. The summed E-state index contributed by atoms with van der Waals surface area (Å²) in [5.74, 6) is -1.02. The summed E-state index contributed by atoms with van der Waals surface area (Å²) in [4.78, 5) is 7.28. The minimum atomic E-state index is -0.725. The highest BCUT2D eigenvalue weighted by Gasteiger charge is 2.15. The number of nitrogens with zero attached hydrogens (tertiary/aromatic N) is 2. The molecule has 1 aromatic heterocycles. The second-order valence-corrected chi connectivity index (χ2v) is 3.77. The molecule has 0 atom stereocenters. The summed E-state index contributed by atoms with van der Waals surface area (Å²) in [5, 5.41) is 0.254. The summed E-state index contributed by atoms with van der Waals surface area (Å²) in [5.41, 5.74) is 5.79. The topological polar surface area (TPSA) is 51.8 Å². The van der Waals surface area contributed by atoms with Crippen LogP contribution in [-0.2, 0) is 0 Å². The van der Waals surface area contributed by atoms with Gasteiger partial charge in [0.05, 0.1) is 5.02 Å². The van der Waals surface area contributed by atoms with E-state index in [1.165, 1.54) is 0 Å². The van der Waals surface area contributed by atoms with Crippen LogP contribution < -0.4 is 5.73 Å². The Balaban J connectivity index is 2.69. The van der Waals surface area contributed by atoms with Gasteiger partial charge >= 0.3 is 0 Å². The first-order valence-corrected chi connectivity index (χ1v) is 5.08. The lowest BCUT2D eigenvalue weighted by Gasteiger charge is -2.06. The molecule has 0 saturated heterocycles. The Hall–Kier alpha value is -1.39. The Morgan fingerprint density at radius 3 is 2.50 bits per heavy atom. The van der Waals surface area contributed by atoms with Gasteiger partial charge in [-0.15, -0.1) is 0 Å². The molecule has 0 amide bonds. The highest BCUT2D eigenvalue weighted by atomic mass is 35.5. The van der Waals surface area contributed by atoms with Gasteiger partial charge in [-0.1, -0.05) is 29.8 Å². The summed E-state index contributed by atoms with van der Waals surface area (Å²) >= 11 is 11.5. The summed E-state index contributed by atoms with van der Waals surface area (Å²) in [6.45, 7) is 0. The largest absolute Gasteiger partial charge is 0.381 e. The number of nitrogen functional groups attached to an aromatic ring is 1. The van der Waals surface area contributed by atoms with Crippen molar-refractivity contribution in [2.45, 2.75) is 0 Å². The summed E-state index contributed by atoms with van der Waals surface area (Å²) in [6.07, 6.45) is 0. The van der Waals surface area contributed by atoms with E-state index in [1.54, 1.807) is 24.3 Å². The molecule has 3 nitrogen and oxygen atoms in total. The van der Waals surface area contributed by atoms with E-state index in [-0.39, 0.29) is 16.8 Å². The van der Waals surface area contributed by atoms with Crippen molar-refractivity contribution < 1.29 is 4.39 Å². The molecule has 6 heteroatoms. The Labute approximate surface area is 101 Å². The van der Waals surface area contributed by atoms with Gasteiger partial charge in [-0.25, -0.2) is 9.37 Å². The molecule has 82 valence electrons. The molecule has 0 radical (unpaired) electrons. The maximum absolute atomic E-state index is 13.7. The third-order valence-electron chi connectivity index (χ3n) is 1.98. The molecule has 0 fully saturated rings. The minimum absolute atomic E-state index is 0.00287. The normalized spacial score (nSPS) is 10.4. The van der Waals surface area contributed by atoms with Crippen LogP contribution in [0.2, 0.25) is 10.3 Å². The molecule has 0 aliphatic carbocycles. The van der Waals surface area contributed by atoms with Crippen molar-refractivity contribution in [2.24, 2.45) is 0 Å². The molecule has 0 aliphatic heterocycles. The van der Waals surface area contributed by atoms with Gasteiger partial charge in [-0.3, -0.25) is 0 Å². The van der Waals surface area contributed by atoms with Crippen LogP contribution in [-0.4, -0.2) is 9.97 Å². The highest BCUT2D eigenvalue weighted by molar-refractivity contribution is 6.33. The molecule has 2 N–H and O–H groups in total. The molecular formula is C10H6Cl2FN3. The third-order valence-corrected chi connectivity index (χ3v) is 2.48. The average Bonchev–Trinajstić information content (AvgIpc) is 2.24. The van der Waals surface area contributed by atoms with Crippen LogP contribution in [0.4, 0.5) is 10.2 Å². The predicted octanol–water partition coefficient (Wildman–Crippen LogP) is 3.17. The fraction of sp³-hybridized carbons (Fsp3) is 0. The van der Waals surface area contributed by atoms with Crippen LogP contribution in [0.25, 0.3) is 11.3 Å². The molecule has 2 aromatic rings. The Kier molecular flexibility index (Phi) is 2.94. The van der Waals surface area contributed by atoms with Gasteiger partial charge in [0.15, 0.2) is 11.6 Å². The third kappa shape index (κ3) is 1.94. The van der Waals surface area contributed by atoms with Crippen molar-refractivity contribution >= 4 is 29.0 Å². The number of benzene rings is 1. The van der Waals surface area contributed by atoms with Crippen LogP contribution in [0.5, 0.6) is 0 Å². The first kappa shape index (κ1) is 11.1. The van der Waals surface area contributed by atoms with E-state index in [0.29, 0.717) is 10.6 Å². The fourth-order valence-corrected chi connectivity index (χ4v) is 1.67. The second-order valence-electron chi connectivity index (χ2n) is 3.02. The van der Waals surface area contributed by atoms with E-state index in [4.69, 9.17) is 28.9 Å². The van der Waals surface area contributed by atoms with Crippen molar-refractivity contribution in [1.82, 2.24) is 9.97 Å². The van der Waals surface area contributed by atoms with Crippen molar-refractivity contribution in [3.8, 4) is 11.3 Å².